The maximum Gasteiger partial charge on any atom is 0.255 e. The van der Waals surface area contributed by atoms with Crippen LogP contribution < -0.4 is 5.73 Å². The lowest BCUT2D eigenvalue weighted by Gasteiger charge is -2.10. The monoisotopic (exact) mass is 352 g/mol. The van der Waals surface area contributed by atoms with Crippen molar-refractivity contribution >= 4 is 28.3 Å². The molecule has 4 rings (SSSR count). The maximum absolute atomic E-state index is 9.94. The Kier molecular flexibility index (Phi) is 3.51. The molecule has 7 nitrogen and oxygen atoms in total. The average molecular weight is 353 g/mol. The van der Waals surface area contributed by atoms with Gasteiger partial charge in [0.2, 0.25) is 0 Å². The zero-order valence-electron chi connectivity index (χ0n) is 13.2. The molecule has 3 aromatic heterocycles. The standard InChI is InChI=1S/C17H13ClN6O/c1-24-7-5-13(23-24)15-14(22-17(25)16(19)21-15)9-2-3-12-10(8-9)11(18)4-6-20-12/h2-8H,1H3,(H2,19,21)(H,22,25). The van der Waals surface area contributed by atoms with Crippen LogP contribution in [0.4, 0.5) is 5.82 Å². The lowest BCUT2D eigenvalue weighted by Crippen LogP contribution is -2.00. The molecule has 0 bridgehead atoms. The number of hydrogen-bond donors (Lipinski definition) is 2. The summed E-state index contributed by atoms with van der Waals surface area (Å²) in [6.07, 6.45) is 3.45. The molecule has 0 aliphatic rings. The van der Waals surface area contributed by atoms with Crippen LogP contribution in [0.25, 0.3) is 33.5 Å². The molecule has 0 fully saturated rings. The molecule has 0 saturated heterocycles. The first-order valence-corrected chi connectivity index (χ1v) is 7.82. The van der Waals surface area contributed by atoms with Crippen molar-refractivity contribution in [1.29, 1.82) is 0 Å². The van der Waals surface area contributed by atoms with Crippen molar-refractivity contribution < 1.29 is 5.11 Å². The number of halogens is 1. The summed E-state index contributed by atoms with van der Waals surface area (Å²) in [6.45, 7) is 0. The molecule has 0 radical (unpaired) electrons. The average Bonchev–Trinajstić information content (AvgIpc) is 3.03. The van der Waals surface area contributed by atoms with Crippen molar-refractivity contribution in [2.75, 3.05) is 5.73 Å². The van der Waals surface area contributed by atoms with Gasteiger partial charge in [-0.3, -0.25) is 9.67 Å². The van der Waals surface area contributed by atoms with E-state index in [9.17, 15) is 5.11 Å². The molecule has 3 N–H and O–H groups in total. The zero-order chi connectivity index (χ0) is 17.6. The van der Waals surface area contributed by atoms with E-state index in [1.165, 1.54) is 0 Å². The Bertz CT molecular complexity index is 1110. The van der Waals surface area contributed by atoms with Gasteiger partial charge in [-0.25, -0.2) is 9.97 Å². The Hall–Kier alpha value is -3.19. The van der Waals surface area contributed by atoms with Gasteiger partial charge in [-0.05, 0) is 24.3 Å². The Labute approximate surface area is 147 Å². The number of nitrogens with zero attached hydrogens (tertiary/aromatic N) is 5. The fourth-order valence-corrected chi connectivity index (χ4v) is 2.83. The molecule has 0 aliphatic heterocycles. The van der Waals surface area contributed by atoms with Crippen molar-refractivity contribution in [1.82, 2.24) is 24.7 Å². The van der Waals surface area contributed by atoms with Gasteiger partial charge in [-0.15, -0.1) is 0 Å². The molecular weight excluding hydrogens is 340 g/mol. The van der Waals surface area contributed by atoms with E-state index in [4.69, 9.17) is 17.3 Å². The van der Waals surface area contributed by atoms with Gasteiger partial charge in [0.15, 0.2) is 5.82 Å². The largest absolute Gasteiger partial charge is 0.491 e. The van der Waals surface area contributed by atoms with E-state index in [0.29, 0.717) is 22.1 Å². The first-order chi connectivity index (χ1) is 12.0. The Morgan fingerprint density at radius 1 is 1.12 bits per heavy atom. The molecule has 1 aromatic carbocycles. The van der Waals surface area contributed by atoms with Gasteiger partial charge in [0.05, 0.1) is 10.5 Å². The van der Waals surface area contributed by atoms with Gasteiger partial charge in [-0.1, -0.05) is 17.7 Å². The van der Waals surface area contributed by atoms with Crippen LogP contribution in [0.15, 0.2) is 42.7 Å². The van der Waals surface area contributed by atoms with Crippen molar-refractivity contribution in [3.05, 3.63) is 47.7 Å². The van der Waals surface area contributed by atoms with Crippen molar-refractivity contribution in [3.63, 3.8) is 0 Å². The van der Waals surface area contributed by atoms with Crippen LogP contribution in [0.2, 0.25) is 5.02 Å². The van der Waals surface area contributed by atoms with E-state index >= 15 is 0 Å². The molecule has 0 saturated carbocycles. The summed E-state index contributed by atoms with van der Waals surface area (Å²) in [6, 6.07) is 9.07. The van der Waals surface area contributed by atoms with E-state index < -0.39 is 0 Å². The highest BCUT2D eigenvalue weighted by Gasteiger charge is 2.17. The number of hydrogen-bond acceptors (Lipinski definition) is 6. The predicted molar refractivity (Wildman–Crippen MR) is 96.1 cm³/mol. The lowest BCUT2D eigenvalue weighted by molar-refractivity contribution is 0.455. The van der Waals surface area contributed by atoms with Crippen molar-refractivity contribution in [2.45, 2.75) is 0 Å². The highest BCUT2D eigenvalue weighted by Crippen LogP contribution is 2.34. The SMILES string of the molecule is Cn1ccc(-c2nc(N)c(O)nc2-c2ccc3nccc(Cl)c3c2)n1. The highest BCUT2D eigenvalue weighted by molar-refractivity contribution is 6.35. The molecule has 124 valence electrons. The summed E-state index contributed by atoms with van der Waals surface area (Å²) < 4.78 is 1.66. The van der Waals surface area contributed by atoms with E-state index in [-0.39, 0.29) is 11.7 Å². The van der Waals surface area contributed by atoms with Gasteiger partial charge >= 0.3 is 0 Å². The van der Waals surface area contributed by atoms with Gasteiger partial charge in [0.25, 0.3) is 5.88 Å². The van der Waals surface area contributed by atoms with Crippen molar-refractivity contribution in [3.8, 4) is 28.5 Å². The van der Waals surface area contributed by atoms with Gasteiger partial charge in [0.1, 0.15) is 17.1 Å². The second-order valence-electron chi connectivity index (χ2n) is 5.53. The number of aromatic nitrogens is 5. The number of benzene rings is 1. The summed E-state index contributed by atoms with van der Waals surface area (Å²) in [4.78, 5) is 12.8. The smallest absolute Gasteiger partial charge is 0.255 e. The fraction of sp³-hybridized carbons (Fsp3) is 0.0588. The molecule has 0 amide bonds. The van der Waals surface area contributed by atoms with Crippen LogP contribution in [-0.2, 0) is 7.05 Å². The summed E-state index contributed by atoms with van der Waals surface area (Å²) in [7, 11) is 1.81. The summed E-state index contributed by atoms with van der Waals surface area (Å²) in [5.41, 5.74) is 8.78. The minimum Gasteiger partial charge on any atom is -0.491 e. The predicted octanol–water partition coefficient (Wildman–Crippen LogP) is 3.03. The van der Waals surface area contributed by atoms with Crippen LogP contribution >= 0.6 is 11.6 Å². The second-order valence-corrected chi connectivity index (χ2v) is 5.94. The Balaban J connectivity index is 1.99. The quantitative estimate of drug-likeness (QED) is 0.574. The number of nitrogens with two attached hydrogens (primary N) is 1. The summed E-state index contributed by atoms with van der Waals surface area (Å²) >= 11 is 6.27. The summed E-state index contributed by atoms with van der Waals surface area (Å²) in [5.74, 6) is -0.378. The number of rotatable bonds is 2. The van der Waals surface area contributed by atoms with Gasteiger partial charge in [0, 0.05) is 30.4 Å². The number of aromatic hydroxyl groups is 1. The number of aryl methyl sites for hydroxylation is 1. The molecule has 8 heteroatoms. The van der Waals surface area contributed by atoms with Crippen LogP contribution in [0, 0.1) is 0 Å². The molecular formula is C17H13ClN6O. The number of fused-ring (bicyclic) bond motifs is 1. The van der Waals surface area contributed by atoms with Crippen molar-refractivity contribution in [2.24, 2.45) is 7.05 Å². The third-order valence-electron chi connectivity index (χ3n) is 3.82. The van der Waals surface area contributed by atoms with E-state index in [2.05, 4.69) is 20.1 Å². The Morgan fingerprint density at radius 3 is 2.72 bits per heavy atom. The molecule has 0 spiro atoms. The second kappa shape index (κ2) is 5.71. The molecule has 0 atom stereocenters. The number of pyridine rings is 1. The van der Waals surface area contributed by atoms with Crippen LogP contribution in [0.5, 0.6) is 5.88 Å². The normalized spacial score (nSPS) is 11.1. The molecule has 0 unspecified atom stereocenters. The number of anilines is 1. The third-order valence-corrected chi connectivity index (χ3v) is 4.15. The zero-order valence-corrected chi connectivity index (χ0v) is 13.9. The van der Waals surface area contributed by atoms with Crippen LogP contribution in [0.3, 0.4) is 0 Å². The van der Waals surface area contributed by atoms with Gasteiger partial charge < -0.3 is 10.8 Å². The van der Waals surface area contributed by atoms with Crippen LogP contribution in [-0.4, -0.2) is 29.8 Å². The molecule has 4 aromatic rings. The van der Waals surface area contributed by atoms with E-state index in [0.717, 1.165) is 16.5 Å². The molecule has 0 aliphatic carbocycles. The highest BCUT2D eigenvalue weighted by atomic mass is 35.5. The van der Waals surface area contributed by atoms with E-state index in [1.807, 2.05) is 25.2 Å². The lowest BCUT2D eigenvalue weighted by atomic mass is 10.0. The molecule has 25 heavy (non-hydrogen) atoms. The third kappa shape index (κ3) is 2.64. The van der Waals surface area contributed by atoms with E-state index in [1.54, 1.807) is 29.2 Å². The number of nitrogen functional groups attached to an aromatic ring is 1. The fourth-order valence-electron chi connectivity index (χ4n) is 2.62. The Morgan fingerprint density at radius 2 is 1.96 bits per heavy atom. The minimum atomic E-state index is -0.327. The summed E-state index contributed by atoms with van der Waals surface area (Å²) in [5, 5.41) is 15.7. The first kappa shape index (κ1) is 15.3. The first-order valence-electron chi connectivity index (χ1n) is 7.44. The topological polar surface area (TPSA) is 103 Å². The minimum absolute atomic E-state index is 0.0510. The van der Waals surface area contributed by atoms with Crippen LogP contribution in [0.1, 0.15) is 0 Å². The van der Waals surface area contributed by atoms with Gasteiger partial charge in [-0.2, -0.15) is 5.10 Å². The maximum atomic E-state index is 9.94. The molecule has 3 heterocycles.